The van der Waals surface area contributed by atoms with Crippen LogP contribution in [0.1, 0.15) is 35.7 Å². The topological polar surface area (TPSA) is 70.0 Å². The Balaban J connectivity index is 1.99. The standard InChI is InChI=1S/C23H18Cl2N2O2S/c1-13-21(14(2)28)22(16-8-4-6-10-19(16)25)17(11-26)23(27-13)30-12-20(29)15-7-3-5-9-18(15)24/h3-10,22,27H,12H2,1-2H3. The summed E-state index contributed by atoms with van der Waals surface area (Å²) in [5, 5.41) is 14.5. The molecule has 0 aliphatic carbocycles. The van der Waals surface area contributed by atoms with Crippen molar-refractivity contribution in [3.63, 3.8) is 0 Å². The van der Waals surface area contributed by atoms with Gasteiger partial charge in [0.05, 0.1) is 33.4 Å². The summed E-state index contributed by atoms with van der Waals surface area (Å²) in [5.74, 6) is -0.797. The van der Waals surface area contributed by atoms with Gasteiger partial charge in [0.15, 0.2) is 11.6 Å². The van der Waals surface area contributed by atoms with Crippen LogP contribution in [0.5, 0.6) is 0 Å². The molecule has 0 spiro atoms. The van der Waals surface area contributed by atoms with Crippen molar-refractivity contribution in [1.29, 1.82) is 5.26 Å². The van der Waals surface area contributed by atoms with Gasteiger partial charge >= 0.3 is 0 Å². The summed E-state index contributed by atoms with van der Waals surface area (Å²) < 4.78 is 0. The SMILES string of the molecule is CC(=O)C1=C(C)NC(SCC(=O)c2ccccc2Cl)=C(C#N)C1c1ccccc1Cl. The molecule has 0 amide bonds. The van der Waals surface area contributed by atoms with Gasteiger partial charge in [0.25, 0.3) is 0 Å². The molecule has 1 unspecified atom stereocenters. The third-order valence-corrected chi connectivity index (χ3v) is 6.46. The zero-order valence-corrected chi connectivity index (χ0v) is 18.7. The van der Waals surface area contributed by atoms with E-state index in [9.17, 15) is 14.9 Å². The smallest absolute Gasteiger partial charge is 0.174 e. The Morgan fingerprint density at radius 2 is 1.73 bits per heavy atom. The zero-order chi connectivity index (χ0) is 21.8. The van der Waals surface area contributed by atoms with Gasteiger partial charge in [-0.3, -0.25) is 9.59 Å². The van der Waals surface area contributed by atoms with E-state index >= 15 is 0 Å². The normalized spacial score (nSPS) is 16.2. The molecule has 1 aliphatic rings. The van der Waals surface area contributed by atoms with Crippen LogP contribution in [0.2, 0.25) is 10.0 Å². The quantitative estimate of drug-likeness (QED) is 0.548. The number of nitrogens with zero attached hydrogens (tertiary/aromatic N) is 1. The first-order chi connectivity index (χ1) is 14.3. The number of rotatable bonds is 6. The van der Waals surface area contributed by atoms with E-state index in [1.807, 2.05) is 12.1 Å². The maximum atomic E-state index is 12.6. The molecule has 2 aromatic carbocycles. The lowest BCUT2D eigenvalue weighted by molar-refractivity contribution is -0.113. The van der Waals surface area contributed by atoms with E-state index in [0.29, 0.717) is 43.0 Å². The molecule has 3 rings (SSSR count). The molecule has 1 atom stereocenters. The van der Waals surface area contributed by atoms with Gasteiger partial charge in [-0.1, -0.05) is 65.3 Å². The highest BCUT2D eigenvalue weighted by atomic mass is 35.5. The van der Waals surface area contributed by atoms with Crippen LogP contribution in [-0.2, 0) is 4.79 Å². The van der Waals surface area contributed by atoms with Crippen molar-refractivity contribution in [2.75, 3.05) is 5.75 Å². The number of halogens is 2. The minimum absolute atomic E-state index is 0.0924. The fourth-order valence-electron chi connectivity index (χ4n) is 3.42. The molecule has 1 heterocycles. The largest absolute Gasteiger partial charge is 0.353 e. The summed E-state index contributed by atoms with van der Waals surface area (Å²) >= 11 is 13.7. The molecule has 0 aromatic heterocycles. The predicted octanol–water partition coefficient (Wildman–Crippen LogP) is 5.89. The van der Waals surface area contributed by atoms with E-state index in [1.54, 1.807) is 43.3 Å². The summed E-state index contributed by atoms with van der Waals surface area (Å²) in [7, 11) is 0. The minimum atomic E-state index is -0.597. The molecular formula is C23H18Cl2N2O2S. The Kier molecular flexibility index (Phi) is 7.04. The molecule has 7 heteroatoms. The molecule has 0 saturated heterocycles. The van der Waals surface area contributed by atoms with Gasteiger partial charge in [-0.2, -0.15) is 5.26 Å². The van der Waals surface area contributed by atoms with Crippen LogP contribution in [0, 0.1) is 11.3 Å². The average Bonchev–Trinajstić information content (AvgIpc) is 2.71. The van der Waals surface area contributed by atoms with E-state index in [4.69, 9.17) is 23.2 Å². The number of allylic oxidation sites excluding steroid dienone is 3. The van der Waals surface area contributed by atoms with Crippen molar-refractivity contribution in [2.45, 2.75) is 19.8 Å². The Morgan fingerprint density at radius 3 is 2.33 bits per heavy atom. The second kappa shape index (κ2) is 9.53. The number of dihydropyridines is 1. The first-order valence-corrected chi connectivity index (χ1v) is 10.9. The fourth-order valence-corrected chi connectivity index (χ4v) is 4.88. The fraction of sp³-hybridized carbons (Fsp3) is 0.174. The minimum Gasteiger partial charge on any atom is -0.353 e. The number of benzene rings is 2. The number of nitriles is 1. The maximum absolute atomic E-state index is 12.6. The number of hydrogen-bond acceptors (Lipinski definition) is 5. The lowest BCUT2D eigenvalue weighted by Crippen LogP contribution is -2.27. The van der Waals surface area contributed by atoms with E-state index in [-0.39, 0.29) is 17.3 Å². The van der Waals surface area contributed by atoms with E-state index < -0.39 is 5.92 Å². The summed E-state index contributed by atoms with van der Waals surface area (Å²) in [5.41, 5.74) is 2.59. The van der Waals surface area contributed by atoms with Crippen molar-refractivity contribution in [3.8, 4) is 6.07 Å². The highest BCUT2D eigenvalue weighted by Crippen LogP contribution is 2.43. The number of Topliss-reactive ketones (excluding diaryl/α,β-unsaturated/α-hetero) is 2. The van der Waals surface area contributed by atoms with Crippen molar-refractivity contribution < 1.29 is 9.59 Å². The third-order valence-electron chi connectivity index (χ3n) is 4.76. The lowest BCUT2D eigenvalue weighted by atomic mass is 9.81. The molecule has 152 valence electrons. The first kappa shape index (κ1) is 22.2. The number of carbonyl (C=O) groups excluding carboxylic acids is 2. The number of thioether (sulfide) groups is 1. The summed E-state index contributed by atoms with van der Waals surface area (Å²) in [6, 6.07) is 16.2. The number of carbonyl (C=O) groups is 2. The van der Waals surface area contributed by atoms with Crippen LogP contribution in [0.15, 0.2) is 70.4 Å². The monoisotopic (exact) mass is 456 g/mol. The van der Waals surface area contributed by atoms with Gasteiger partial charge in [0, 0.05) is 21.9 Å². The molecule has 2 aromatic rings. The molecule has 0 radical (unpaired) electrons. The van der Waals surface area contributed by atoms with Gasteiger partial charge < -0.3 is 5.32 Å². The molecule has 0 bridgehead atoms. The Morgan fingerprint density at radius 1 is 1.10 bits per heavy atom. The van der Waals surface area contributed by atoms with E-state index in [2.05, 4.69) is 11.4 Å². The van der Waals surface area contributed by atoms with Crippen LogP contribution >= 0.6 is 35.0 Å². The van der Waals surface area contributed by atoms with Gasteiger partial charge in [-0.15, -0.1) is 0 Å². The first-order valence-electron chi connectivity index (χ1n) is 9.13. The number of nitrogens with one attached hydrogen (secondary N) is 1. The number of ketones is 2. The van der Waals surface area contributed by atoms with Gasteiger partial charge in [-0.05, 0) is 37.6 Å². The van der Waals surface area contributed by atoms with Crippen LogP contribution in [0.4, 0.5) is 0 Å². The second-order valence-corrected chi connectivity index (χ2v) is 8.52. The summed E-state index contributed by atoms with van der Waals surface area (Å²) in [4.78, 5) is 25.0. The van der Waals surface area contributed by atoms with Crippen molar-refractivity contribution in [2.24, 2.45) is 0 Å². The predicted molar refractivity (Wildman–Crippen MR) is 122 cm³/mol. The van der Waals surface area contributed by atoms with Crippen LogP contribution in [0.25, 0.3) is 0 Å². The highest BCUT2D eigenvalue weighted by Gasteiger charge is 2.34. The van der Waals surface area contributed by atoms with E-state index in [1.165, 1.54) is 18.7 Å². The molecule has 1 N–H and O–H groups in total. The zero-order valence-electron chi connectivity index (χ0n) is 16.3. The van der Waals surface area contributed by atoms with Crippen molar-refractivity contribution in [3.05, 3.63) is 91.6 Å². The van der Waals surface area contributed by atoms with Crippen molar-refractivity contribution >= 4 is 46.5 Å². The maximum Gasteiger partial charge on any atom is 0.174 e. The third kappa shape index (κ3) is 4.46. The van der Waals surface area contributed by atoms with Crippen LogP contribution in [0.3, 0.4) is 0 Å². The van der Waals surface area contributed by atoms with Crippen LogP contribution < -0.4 is 5.32 Å². The van der Waals surface area contributed by atoms with Gasteiger partial charge in [0.1, 0.15) is 0 Å². The Hall–Kier alpha value is -2.52. The average molecular weight is 457 g/mol. The molecule has 4 nitrogen and oxygen atoms in total. The summed E-state index contributed by atoms with van der Waals surface area (Å²) in [6.45, 7) is 3.25. The highest BCUT2D eigenvalue weighted by molar-refractivity contribution is 8.03. The van der Waals surface area contributed by atoms with Crippen molar-refractivity contribution in [1.82, 2.24) is 5.32 Å². The molecule has 30 heavy (non-hydrogen) atoms. The Labute approximate surface area is 189 Å². The van der Waals surface area contributed by atoms with Gasteiger partial charge in [-0.25, -0.2) is 0 Å². The van der Waals surface area contributed by atoms with Gasteiger partial charge in [0.2, 0.25) is 0 Å². The Bertz CT molecular complexity index is 1130. The molecule has 0 saturated carbocycles. The number of hydrogen-bond donors (Lipinski definition) is 1. The summed E-state index contributed by atoms with van der Waals surface area (Å²) in [6.07, 6.45) is 0. The molecular weight excluding hydrogens is 439 g/mol. The van der Waals surface area contributed by atoms with E-state index in [0.717, 1.165) is 0 Å². The lowest BCUT2D eigenvalue weighted by Gasteiger charge is -2.29. The second-order valence-electron chi connectivity index (χ2n) is 6.72. The van der Waals surface area contributed by atoms with Crippen LogP contribution in [-0.4, -0.2) is 17.3 Å². The molecule has 0 fully saturated rings. The molecule has 1 aliphatic heterocycles.